The number of halogens is 1. The van der Waals surface area contributed by atoms with Gasteiger partial charge < -0.3 is 9.47 Å². The lowest BCUT2D eigenvalue weighted by Gasteiger charge is -2.08. The number of fused-ring (bicyclic) bond motifs is 1. The molecular weight excluding hydrogens is 344 g/mol. The molecule has 6 nitrogen and oxygen atoms in total. The summed E-state index contributed by atoms with van der Waals surface area (Å²) in [5.41, 5.74) is 1.64. The van der Waals surface area contributed by atoms with Crippen molar-refractivity contribution in [3.05, 3.63) is 75.3 Å². The first-order chi connectivity index (χ1) is 12.0. The number of hydrogen-bond donors (Lipinski definition) is 0. The van der Waals surface area contributed by atoms with Crippen LogP contribution < -0.4 is 10.3 Å². The number of aryl methyl sites for hydroxylation is 1. The van der Waals surface area contributed by atoms with Gasteiger partial charge in [0, 0.05) is 17.3 Å². The van der Waals surface area contributed by atoms with E-state index in [1.54, 1.807) is 36.5 Å². The first kappa shape index (κ1) is 17.0. The average Bonchev–Trinajstić information content (AvgIpc) is 2.58. The van der Waals surface area contributed by atoms with Crippen molar-refractivity contribution in [2.75, 3.05) is 6.61 Å². The topological polar surface area (TPSA) is 69.9 Å². The van der Waals surface area contributed by atoms with E-state index in [1.807, 2.05) is 13.0 Å². The van der Waals surface area contributed by atoms with Gasteiger partial charge in [0.2, 0.25) is 0 Å². The zero-order valence-corrected chi connectivity index (χ0v) is 14.2. The lowest BCUT2D eigenvalue weighted by molar-refractivity contribution is -0.147. The smallest absolute Gasteiger partial charge is 0.344 e. The zero-order chi connectivity index (χ0) is 17.8. The highest BCUT2D eigenvalue weighted by Crippen LogP contribution is 2.17. The minimum atomic E-state index is -0.564. The largest absolute Gasteiger partial charge is 0.482 e. The first-order valence-corrected chi connectivity index (χ1v) is 7.92. The standard InChI is InChI=1S/C18H15ClN2O4/c1-12-5-6-21-16(7-12)20-14(9-17(21)22)10-25-18(23)11-24-15-4-2-3-13(19)8-15/h2-9H,10-11H2,1H3. The van der Waals surface area contributed by atoms with Crippen molar-refractivity contribution in [1.29, 1.82) is 0 Å². The van der Waals surface area contributed by atoms with Crippen molar-refractivity contribution in [2.45, 2.75) is 13.5 Å². The molecular formula is C18H15ClN2O4. The van der Waals surface area contributed by atoms with Gasteiger partial charge >= 0.3 is 5.97 Å². The zero-order valence-electron chi connectivity index (χ0n) is 13.4. The molecule has 0 saturated carbocycles. The van der Waals surface area contributed by atoms with Crippen molar-refractivity contribution in [3.63, 3.8) is 0 Å². The summed E-state index contributed by atoms with van der Waals surface area (Å²) < 4.78 is 11.8. The van der Waals surface area contributed by atoms with Gasteiger partial charge in [-0.1, -0.05) is 17.7 Å². The Balaban J connectivity index is 1.62. The van der Waals surface area contributed by atoms with Crippen LogP contribution in [0.3, 0.4) is 0 Å². The Hall–Kier alpha value is -2.86. The van der Waals surface area contributed by atoms with E-state index in [-0.39, 0.29) is 18.8 Å². The second-order valence-electron chi connectivity index (χ2n) is 5.42. The second kappa shape index (κ2) is 7.36. The fourth-order valence-corrected chi connectivity index (χ4v) is 2.40. The highest BCUT2D eigenvalue weighted by atomic mass is 35.5. The third-order valence-electron chi connectivity index (χ3n) is 3.41. The summed E-state index contributed by atoms with van der Waals surface area (Å²) >= 11 is 5.84. The Morgan fingerprint density at radius 1 is 1.24 bits per heavy atom. The highest BCUT2D eigenvalue weighted by Gasteiger charge is 2.08. The number of aromatic nitrogens is 2. The SMILES string of the molecule is Cc1ccn2c(=O)cc(COC(=O)COc3cccc(Cl)c3)nc2c1. The van der Waals surface area contributed by atoms with Crippen LogP contribution in [0.5, 0.6) is 5.75 Å². The quantitative estimate of drug-likeness (QED) is 0.656. The van der Waals surface area contributed by atoms with Gasteiger partial charge in [0.15, 0.2) is 6.61 Å². The molecule has 3 rings (SSSR count). The molecule has 0 aliphatic heterocycles. The highest BCUT2D eigenvalue weighted by molar-refractivity contribution is 6.30. The molecule has 0 atom stereocenters. The predicted molar refractivity (Wildman–Crippen MR) is 92.9 cm³/mol. The van der Waals surface area contributed by atoms with E-state index in [9.17, 15) is 9.59 Å². The van der Waals surface area contributed by atoms with Gasteiger partial charge in [0.05, 0.1) is 5.69 Å². The van der Waals surface area contributed by atoms with Crippen LogP contribution in [0.1, 0.15) is 11.3 Å². The third-order valence-corrected chi connectivity index (χ3v) is 3.64. The molecule has 128 valence electrons. The molecule has 25 heavy (non-hydrogen) atoms. The molecule has 0 amide bonds. The fourth-order valence-electron chi connectivity index (χ4n) is 2.22. The Labute approximate surface area is 148 Å². The summed E-state index contributed by atoms with van der Waals surface area (Å²) in [5, 5.41) is 0.516. The van der Waals surface area contributed by atoms with E-state index >= 15 is 0 Å². The predicted octanol–water partition coefficient (Wildman–Crippen LogP) is 2.78. The molecule has 3 aromatic rings. The molecule has 0 spiro atoms. The van der Waals surface area contributed by atoms with Crippen LogP contribution in [-0.4, -0.2) is 22.0 Å². The van der Waals surface area contributed by atoms with Crippen molar-refractivity contribution < 1.29 is 14.3 Å². The molecule has 1 aromatic carbocycles. The third kappa shape index (κ3) is 4.36. The van der Waals surface area contributed by atoms with E-state index in [4.69, 9.17) is 21.1 Å². The van der Waals surface area contributed by atoms with Crippen molar-refractivity contribution >= 4 is 23.2 Å². The number of rotatable bonds is 5. The van der Waals surface area contributed by atoms with Crippen LogP contribution in [0.25, 0.3) is 5.65 Å². The summed E-state index contributed by atoms with van der Waals surface area (Å²) in [6, 6.07) is 11.7. The van der Waals surface area contributed by atoms with Gasteiger partial charge in [-0.15, -0.1) is 0 Å². The van der Waals surface area contributed by atoms with Crippen LogP contribution in [-0.2, 0) is 16.1 Å². The molecule has 0 aliphatic carbocycles. The van der Waals surface area contributed by atoms with Crippen molar-refractivity contribution in [2.24, 2.45) is 0 Å². The number of benzene rings is 1. The van der Waals surface area contributed by atoms with E-state index in [1.165, 1.54) is 10.5 Å². The molecule has 7 heteroatoms. The number of carbonyl (C=O) groups is 1. The molecule has 0 saturated heterocycles. The number of nitrogens with zero attached hydrogens (tertiary/aromatic N) is 2. The Morgan fingerprint density at radius 3 is 2.88 bits per heavy atom. The maximum Gasteiger partial charge on any atom is 0.344 e. The summed E-state index contributed by atoms with van der Waals surface area (Å²) in [5.74, 6) is -0.0896. The minimum Gasteiger partial charge on any atom is -0.482 e. The number of carbonyl (C=O) groups excluding carboxylic acids is 1. The Kier molecular flexibility index (Phi) is 5.00. The van der Waals surface area contributed by atoms with Gasteiger partial charge in [-0.05, 0) is 42.8 Å². The molecule has 0 fully saturated rings. The van der Waals surface area contributed by atoms with Crippen molar-refractivity contribution in [3.8, 4) is 5.75 Å². The van der Waals surface area contributed by atoms with Gasteiger partial charge in [-0.3, -0.25) is 9.20 Å². The lowest BCUT2D eigenvalue weighted by Crippen LogP contribution is -2.18. The Bertz CT molecular complexity index is 984. The minimum absolute atomic E-state index is 0.0998. The molecule has 2 heterocycles. The number of pyridine rings is 1. The monoisotopic (exact) mass is 358 g/mol. The number of esters is 1. The first-order valence-electron chi connectivity index (χ1n) is 7.54. The van der Waals surface area contributed by atoms with Crippen LogP contribution in [0, 0.1) is 6.92 Å². The van der Waals surface area contributed by atoms with Crippen LogP contribution >= 0.6 is 11.6 Å². The summed E-state index contributed by atoms with van der Waals surface area (Å²) in [7, 11) is 0. The van der Waals surface area contributed by atoms with Crippen LogP contribution in [0.4, 0.5) is 0 Å². The maximum atomic E-state index is 12.0. The maximum absolute atomic E-state index is 12.0. The molecule has 0 unspecified atom stereocenters. The normalized spacial score (nSPS) is 10.6. The molecule has 0 aliphatic rings. The van der Waals surface area contributed by atoms with Gasteiger partial charge in [-0.2, -0.15) is 0 Å². The molecule has 2 aromatic heterocycles. The number of ether oxygens (including phenoxy) is 2. The molecule has 0 radical (unpaired) electrons. The number of hydrogen-bond acceptors (Lipinski definition) is 5. The second-order valence-corrected chi connectivity index (χ2v) is 5.86. The van der Waals surface area contributed by atoms with E-state index in [2.05, 4.69) is 4.98 Å². The van der Waals surface area contributed by atoms with Crippen LogP contribution in [0.15, 0.2) is 53.5 Å². The molecule has 0 N–H and O–H groups in total. The van der Waals surface area contributed by atoms with Gasteiger partial charge in [-0.25, -0.2) is 9.78 Å². The van der Waals surface area contributed by atoms with Crippen molar-refractivity contribution in [1.82, 2.24) is 9.38 Å². The fraction of sp³-hybridized carbons (Fsp3) is 0.167. The lowest BCUT2D eigenvalue weighted by atomic mass is 10.3. The Morgan fingerprint density at radius 2 is 2.08 bits per heavy atom. The summed E-state index contributed by atoms with van der Waals surface area (Å²) in [6.07, 6.45) is 1.66. The molecule has 0 bridgehead atoms. The van der Waals surface area contributed by atoms with E-state index in [0.29, 0.717) is 22.1 Å². The summed E-state index contributed by atoms with van der Waals surface area (Å²) in [4.78, 5) is 28.2. The van der Waals surface area contributed by atoms with E-state index in [0.717, 1.165) is 5.56 Å². The van der Waals surface area contributed by atoms with Crippen LogP contribution in [0.2, 0.25) is 5.02 Å². The summed E-state index contributed by atoms with van der Waals surface area (Å²) in [6.45, 7) is 1.55. The van der Waals surface area contributed by atoms with Gasteiger partial charge in [0.25, 0.3) is 5.56 Å². The van der Waals surface area contributed by atoms with Gasteiger partial charge in [0.1, 0.15) is 18.0 Å². The average molecular weight is 359 g/mol. The van der Waals surface area contributed by atoms with E-state index < -0.39 is 5.97 Å².